The summed E-state index contributed by atoms with van der Waals surface area (Å²) in [6.07, 6.45) is 4.80. The van der Waals surface area contributed by atoms with Crippen molar-refractivity contribution >= 4 is 29.5 Å². The van der Waals surface area contributed by atoms with E-state index in [1.165, 1.54) is 13.2 Å². The highest BCUT2D eigenvalue weighted by molar-refractivity contribution is 6.33. The molecule has 0 unspecified atom stereocenters. The van der Waals surface area contributed by atoms with E-state index in [1.807, 2.05) is 24.3 Å². The first-order valence-electron chi connectivity index (χ1n) is 7.06. The van der Waals surface area contributed by atoms with E-state index in [2.05, 4.69) is 9.72 Å². The summed E-state index contributed by atoms with van der Waals surface area (Å²) in [6.45, 7) is 1.66. The number of aromatic hydroxyl groups is 1. The van der Waals surface area contributed by atoms with Crippen LogP contribution in [0.2, 0.25) is 0 Å². The number of allylic oxidation sites excluding steroid dienone is 2. The summed E-state index contributed by atoms with van der Waals surface area (Å²) in [7, 11) is 1.25. The average molecular weight is 309 g/mol. The molecule has 0 fully saturated rings. The number of ketones is 1. The molecule has 3 rings (SSSR count). The van der Waals surface area contributed by atoms with Crippen LogP contribution >= 0.6 is 0 Å². The number of ether oxygens (including phenoxy) is 1. The zero-order valence-corrected chi connectivity index (χ0v) is 12.7. The Morgan fingerprint density at radius 2 is 2.00 bits per heavy atom. The van der Waals surface area contributed by atoms with E-state index in [9.17, 15) is 14.7 Å². The highest BCUT2D eigenvalue weighted by Gasteiger charge is 2.23. The number of rotatable bonds is 2. The summed E-state index contributed by atoms with van der Waals surface area (Å²) < 4.78 is 4.66. The van der Waals surface area contributed by atoms with Gasteiger partial charge in [-0.05, 0) is 30.2 Å². The third kappa shape index (κ3) is 2.46. The van der Waals surface area contributed by atoms with E-state index in [0.29, 0.717) is 17.0 Å². The Kier molecular flexibility index (Phi) is 3.62. The fraction of sp³-hybridized carbons (Fsp3) is 0.111. The molecule has 1 aromatic carbocycles. The predicted molar refractivity (Wildman–Crippen MR) is 86.9 cm³/mol. The molecule has 2 N–H and O–H groups in total. The molecule has 0 bridgehead atoms. The second-order valence-corrected chi connectivity index (χ2v) is 5.22. The highest BCUT2D eigenvalue weighted by Crippen LogP contribution is 2.33. The molecule has 1 heterocycles. The molecule has 0 saturated carbocycles. The fourth-order valence-electron chi connectivity index (χ4n) is 2.66. The Labute approximate surface area is 132 Å². The maximum atomic E-state index is 12.2. The zero-order chi connectivity index (χ0) is 16.6. The van der Waals surface area contributed by atoms with Gasteiger partial charge >= 0.3 is 5.97 Å². The van der Waals surface area contributed by atoms with E-state index in [0.717, 1.165) is 11.1 Å². The van der Waals surface area contributed by atoms with Crippen molar-refractivity contribution in [2.45, 2.75) is 6.92 Å². The number of carbonyl (C=O) groups excluding carboxylic acids is 2. The minimum atomic E-state index is -0.629. The van der Waals surface area contributed by atoms with Crippen LogP contribution in [-0.2, 0) is 9.53 Å². The maximum Gasteiger partial charge on any atom is 0.343 e. The molecule has 0 aliphatic heterocycles. The molecule has 1 aliphatic carbocycles. The molecular formula is C18H15NO4. The Hall–Kier alpha value is -3.08. The number of H-pyrrole nitrogens is 1. The first-order valence-corrected chi connectivity index (χ1v) is 7.06. The highest BCUT2D eigenvalue weighted by atomic mass is 16.5. The van der Waals surface area contributed by atoms with Gasteiger partial charge in [-0.2, -0.15) is 0 Å². The monoisotopic (exact) mass is 309 g/mol. The first kappa shape index (κ1) is 14.8. The predicted octanol–water partition coefficient (Wildman–Crippen LogP) is 2.95. The number of benzene rings is 1. The molecular weight excluding hydrogens is 294 g/mol. The molecule has 5 nitrogen and oxygen atoms in total. The molecule has 0 spiro atoms. The van der Waals surface area contributed by atoms with Gasteiger partial charge in [0.05, 0.1) is 12.8 Å². The smallest absolute Gasteiger partial charge is 0.343 e. The fourth-order valence-corrected chi connectivity index (χ4v) is 2.66. The summed E-state index contributed by atoms with van der Waals surface area (Å²) in [6, 6.07) is 7.49. The molecule has 0 atom stereocenters. The topological polar surface area (TPSA) is 79.4 Å². The summed E-state index contributed by atoms with van der Waals surface area (Å²) in [5.41, 5.74) is 3.02. The van der Waals surface area contributed by atoms with Crippen molar-refractivity contribution in [3.05, 3.63) is 58.4 Å². The Bertz CT molecular complexity index is 871. The number of nitrogens with one attached hydrogen (secondary N) is 1. The Morgan fingerprint density at radius 1 is 1.26 bits per heavy atom. The molecule has 1 aromatic heterocycles. The van der Waals surface area contributed by atoms with Crippen molar-refractivity contribution < 1.29 is 19.4 Å². The van der Waals surface area contributed by atoms with Crippen molar-refractivity contribution in [2.24, 2.45) is 0 Å². The van der Waals surface area contributed by atoms with Crippen LogP contribution in [0, 0.1) is 6.92 Å². The van der Waals surface area contributed by atoms with E-state index in [4.69, 9.17) is 0 Å². The van der Waals surface area contributed by atoms with Crippen LogP contribution in [0.15, 0.2) is 30.3 Å². The number of aromatic nitrogens is 1. The molecule has 1 aliphatic rings. The number of aryl methyl sites for hydroxylation is 1. The third-order valence-electron chi connectivity index (χ3n) is 3.80. The van der Waals surface area contributed by atoms with Crippen LogP contribution in [0.25, 0.3) is 17.7 Å². The summed E-state index contributed by atoms with van der Waals surface area (Å²) in [5.74, 6) is -1.01. The van der Waals surface area contributed by atoms with Crippen molar-refractivity contribution in [1.29, 1.82) is 0 Å². The van der Waals surface area contributed by atoms with Gasteiger partial charge in [0.15, 0.2) is 11.5 Å². The number of carbonyl (C=O) groups is 2. The Morgan fingerprint density at radius 3 is 2.74 bits per heavy atom. The van der Waals surface area contributed by atoms with Gasteiger partial charge < -0.3 is 14.8 Å². The van der Waals surface area contributed by atoms with Gasteiger partial charge in [0.2, 0.25) is 0 Å². The lowest BCUT2D eigenvalue weighted by Gasteiger charge is -2.12. The SMILES string of the molecule is COC(=O)c1c(C)[nH]c(C=C2C(=O)C=Cc3ccccc32)c1O. The largest absolute Gasteiger partial charge is 0.505 e. The number of hydrogen-bond donors (Lipinski definition) is 2. The van der Waals surface area contributed by atoms with E-state index < -0.39 is 5.97 Å². The molecule has 0 amide bonds. The third-order valence-corrected chi connectivity index (χ3v) is 3.80. The second-order valence-electron chi connectivity index (χ2n) is 5.22. The standard InChI is InChI=1S/C18H15NO4/c1-10-16(18(22)23-2)17(21)14(19-10)9-13-12-6-4-3-5-11(12)7-8-15(13)20/h3-9,19,21H,1-2H3. The number of hydrogen-bond acceptors (Lipinski definition) is 4. The van der Waals surface area contributed by atoms with Gasteiger partial charge in [-0.25, -0.2) is 4.79 Å². The molecule has 0 saturated heterocycles. The number of fused-ring (bicyclic) bond motifs is 1. The summed E-state index contributed by atoms with van der Waals surface area (Å²) >= 11 is 0. The van der Waals surface area contributed by atoms with E-state index in [1.54, 1.807) is 19.1 Å². The van der Waals surface area contributed by atoms with Crippen LogP contribution in [0.5, 0.6) is 5.75 Å². The van der Waals surface area contributed by atoms with Crippen LogP contribution in [0.1, 0.15) is 32.9 Å². The molecule has 5 heteroatoms. The van der Waals surface area contributed by atoms with Gasteiger partial charge in [0.1, 0.15) is 5.56 Å². The average Bonchev–Trinajstić information content (AvgIpc) is 2.83. The van der Waals surface area contributed by atoms with Crippen LogP contribution in [0.3, 0.4) is 0 Å². The van der Waals surface area contributed by atoms with Gasteiger partial charge in [-0.1, -0.05) is 30.3 Å². The van der Waals surface area contributed by atoms with Crippen molar-refractivity contribution in [2.75, 3.05) is 7.11 Å². The number of aromatic amines is 1. The van der Waals surface area contributed by atoms with E-state index in [-0.39, 0.29) is 17.1 Å². The second kappa shape index (κ2) is 5.61. The lowest BCUT2D eigenvalue weighted by molar-refractivity contribution is -0.109. The van der Waals surface area contributed by atoms with E-state index >= 15 is 0 Å². The van der Waals surface area contributed by atoms with Crippen LogP contribution < -0.4 is 0 Å². The molecule has 2 aromatic rings. The van der Waals surface area contributed by atoms with Crippen molar-refractivity contribution in [3.63, 3.8) is 0 Å². The first-order chi connectivity index (χ1) is 11.0. The minimum Gasteiger partial charge on any atom is -0.505 e. The lowest BCUT2D eigenvalue weighted by Crippen LogP contribution is -2.04. The summed E-state index contributed by atoms with van der Waals surface area (Å²) in [4.78, 5) is 26.9. The van der Waals surface area contributed by atoms with Gasteiger partial charge in [0.25, 0.3) is 0 Å². The van der Waals surface area contributed by atoms with Crippen molar-refractivity contribution in [1.82, 2.24) is 4.98 Å². The number of methoxy groups -OCH3 is 1. The quantitative estimate of drug-likeness (QED) is 0.660. The lowest BCUT2D eigenvalue weighted by atomic mass is 9.91. The maximum absolute atomic E-state index is 12.2. The van der Waals surface area contributed by atoms with Gasteiger partial charge in [-0.3, -0.25) is 4.79 Å². The van der Waals surface area contributed by atoms with Crippen LogP contribution in [-0.4, -0.2) is 29.0 Å². The molecule has 23 heavy (non-hydrogen) atoms. The number of esters is 1. The summed E-state index contributed by atoms with van der Waals surface area (Å²) in [5, 5.41) is 10.3. The zero-order valence-electron chi connectivity index (χ0n) is 12.7. The van der Waals surface area contributed by atoms with Gasteiger partial charge in [-0.15, -0.1) is 0 Å². The normalized spacial score (nSPS) is 14.9. The van der Waals surface area contributed by atoms with Crippen LogP contribution in [0.4, 0.5) is 0 Å². The Balaban J connectivity index is 2.14. The minimum absolute atomic E-state index is 0.0754. The van der Waals surface area contributed by atoms with Gasteiger partial charge in [0, 0.05) is 11.3 Å². The molecule has 0 radical (unpaired) electrons. The van der Waals surface area contributed by atoms with Crippen molar-refractivity contribution in [3.8, 4) is 5.75 Å². The molecule has 116 valence electrons.